The Balaban J connectivity index is 2.54. The zero-order valence-corrected chi connectivity index (χ0v) is 9.58. The van der Waals surface area contributed by atoms with Crippen LogP contribution in [-0.2, 0) is 4.79 Å². The number of hydrogen-bond donors (Lipinski definition) is 1. The Morgan fingerprint density at radius 3 is 2.15 bits per heavy atom. The summed E-state index contributed by atoms with van der Waals surface area (Å²) in [5.74, 6) is 1.74. The van der Waals surface area contributed by atoms with Gasteiger partial charge in [0.05, 0.1) is 0 Å². The van der Waals surface area contributed by atoms with E-state index in [0.717, 1.165) is 24.6 Å². The highest BCUT2D eigenvalue weighted by Gasteiger charge is 2.29. The van der Waals surface area contributed by atoms with Gasteiger partial charge in [-0.3, -0.25) is 4.79 Å². The van der Waals surface area contributed by atoms with Gasteiger partial charge >= 0.3 is 0 Å². The second-order valence-electron chi connectivity index (χ2n) is 3.50. The van der Waals surface area contributed by atoms with Crippen molar-refractivity contribution in [2.75, 3.05) is 24.6 Å². The molecule has 1 rings (SSSR count). The van der Waals surface area contributed by atoms with Crippen molar-refractivity contribution in [1.29, 1.82) is 0 Å². The quantitative estimate of drug-likeness (QED) is 0.670. The van der Waals surface area contributed by atoms with Crippen molar-refractivity contribution in [1.82, 2.24) is 4.90 Å². The van der Waals surface area contributed by atoms with E-state index in [0.29, 0.717) is 0 Å². The third kappa shape index (κ3) is 3.40. The zero-order valence-electron chi connectivity index (χ0n) is 7.95. The molecule has 1 N–H and O–H groups in total. The SMILES string of the molecule is CC(C)(O)C(=O)N1CCSSCC1. The molecule has 3 nitrogen and oxygen atoms in total. The highest BCUT2D eigenvalue weighted by atomic mass is 33.1. The molecular weight excluding hydrogens is 206 g/mol. The summed E-state index contributed by atoms with van der Waals surface area (Å²) in [7, 11) is 3.58. The number of carbonyl (C=O) groups excluding carboxylic acids is 1. The van der Waals surface area contributed by atoms with E-state index in [9.17, 15) is 9.90 Å². The fraction of sp³-hybridized carbons (Fsp3) is 0.875. The van der Waals surface area contributed by atoms with E-state index in [1.54, 1.807) is 40.3 Å². The van der Waals surface area contributed by atoms with E-state index < -0.39 is 5.60 Å². The predicted octanol–water partition coefficient (Wildman–Crippen LogP) is 0.981. The molecule has 0 aromatic rings. The first-order valence-electron chi connectivity index (χ1n) is 4.28. The van der Waals surface area contributed by atoms with Gasteiger partial charge in [-0.25, -0.2) is 0 Å². The average molecular weight is 221 g/mol. The van der Waals surface area contributed by atoms with Gasteiger partial charge in [0, 0.05) is 24.6 Å². The molecule has 1 saturated heterocycles. The van der Waals surface area contributed by atoms with Crippen molar-refractivity contribution in [2.45, 2.75) is 19.4 Å². The number of carbonyl (C=O) groups is 1. The number of rotatable bonds is 1. The average Bonchev–Trinajstić information content (AvgIpc) is 2.28. The Hall–Kier alpha value is 0.130. The van der Waals surface area contributed by atoms with Crippen LogP contribution in [0.4, 0.5) is 0 Å². The summed E-state index contributed by atoms with van der Waals surface area (Å²) >= 11 is 0. The summed E-state index contributed by atoms with van der Waals surface area (Å²) in [6.45, 7) is 4.59. The van der Waals surface area contributed by atoms with Gasteiger partial charge in [-0.15, -0.1) is 0 Å². The van der Waals surface area contributed by atoms with Crippen LogP contribution in [0.1, 0.15) is 13.8 Å². The Bertz CT molecular complexity index is 183. The zero-order chi connectivity index (χ0) is 9.90. The molecule has 0 aromatic carbocycles. The van der Waals surface area contributed by atoms with E-state index in [2.05, 4.69) is 0 Å². The largest absolute Gasteiger partial charge is 0.381 e. The van der Waals surface area contributed by atoms with E-state index in [-0.39, 0.29) is 5.91 Å². The molecular formula is C8H15NO2S2. The van der Waals surface area contributed by atoms with Crippen molar-refractivity contribution >= 4 is 27.5 Å². The lowest BCUT2D eigenvalue weighted by atomic mass is 10.1. The second kappa shape index (κ2) is 4.57. The van der Waals surface area contributed by atoms with E-state index in [4.69, 9.17) is 0 Å². The van der Waals surface area contributed by atoms with Crippen molar-refractivity contribution in [3.8, 4) is 0 Å². The maximum absolute atomic E-state index is 11.6. The van der Waals surface area contributed by atoms with Crippen molar-refractivity contribution < 1.29 is 9.90 Å². The fourth-order valence-electron chi connectivity index (χ4n) is 1.11. The van der Waals surface area contributed by atoms with Crippen LogP contribution in [0.15, 0.2) is 0 Å². The van der Waals surface area contributed by atoms with E-state index >= 15 is 0 Å². The molecule has 5 heteroatoms. The first-order valence-corrected chi connectivity index (χ1v) is 6.77. The minimum absolute atomic E-state index is 0.157. The van der Waals surface area contributed by atoms with Gasteiger partial charge in [0.1, 0.15) is 5.60 Å². The first-order chi connectivity index (χ1) is 6.02. The second-order valence-corrected chi connectivity index (χ2v) is 6.20. The molecule has 0 spiro atoms. The molecule has 0 unspecified atom stereocenters. The molecule has 0 atom stereocenters. The minimum atomic E-state index is -1.22. The highest BCUT2D eigenvalue weighted by molar-refractivity contribution is 8.76. The molecule has 13 heavy (non-hydrogen) atoms. The van der Waals surface area contributed by atoms with Crippen LogP contribution in [0.3, 0.4) is 0 Å². The van der Waals surface area contributed by atoms with Gasteiger partial charge in [-0.1, -0.05) is 21.6 Å². The Morgan fingerprint density at radius 1 is 1.31 bits per heavy atom. The number of hydrogen-bond acceptors (Lipinski definition) is 4. The van der Waals surface area contributed by atoms with Gasteiger partial charge in [0.2, 0.25) is 0 Å². The maximum Gasteiger partial charge on any atom is 0.254 e. The van der Waals surface area contributed by atoms with Crippen LogP contribution in [0.25, 0.3) is 0 Å². The van der Waals surface area contributed by atoms with Gasteiger partial charge in [0.25, 0.3) is 5.91 Å². The molecule has 1 fully saturated rings. The Kier molecular flexibility index (Phi) is 3.94. The maximum atomic E-state index is 11.6. The minimum Gasteiger partial charge on any atom is -0.381 e. The highest BCUT2D eigenvalue weighted by Crippen LogP contribution is 2.24. The summed E-state index contributed by atoms with van der Waals surface area (Å²) in [6.07, 6.45) is 0. The number of amides is 1. The predicted molar refractivity (Wildman–Crippen MR) is 57.8 cm³/mol. The smallest absolute Gasteiger partial charge is 0.254 e. The molecule has 1 aliphatic rings. The normalized spacial score (nSPS) is 19.8. The molecule has 0 radical (unpaired) electrons. The summed E-state index contributed by atoms with van der Waals surface area (Å²) in [5.41, 5.74) is -1.22. The lowest BCUT2D eigenvalue weighted by molar-refractivity contribution is -0.147. The van der Waals surface area contributed by atoms with Crippen LogP contribution >= 0.6 is 21.6 Å². The third-order valence-electron chi connectivity index (χ3n) is 1.78. The van der Waals surface area contributed by atoms with Gasteiger partial charge in [-0.05, 0) is 13.8 Å². The molecule has 1 amide bonds. The third-order valence-corrected chi connectivity index (χ3v) is 4.15. The lowest BCUT2D eigenvalue weighted by Crippen LogP contribution is -2.46. The molecule has 0 bridgehead atoms. The monoisotopic (exact) mass is 221 g/mol. The van der Waals surface area contributed by atoms with Gasteiger partial charge < -0.3 is 10.0 Å². The molecule has 76 valence electrons. The van der Waals surface area contributed by atoms with Crippen molar-refractivity contribution in [3.05, 3.63) is 0 Å². The summed E-state index contributed by atoms with van der Waals surface area (Å²) < 4.78 is 0. The Labute approximate surface area is 86.6 Å². The van der Waals surface area contributed by atoms with E-state index in [1.165, 1.54) is 0 Å². The van der Waals surface area contributed by atoms with Crippen molar-refractivity contribution in [2.24, 2.45) is 0 Å². The molecule has 1 heterocycles. The van der Waals surface area contributed by atoms with Crippen LogP contribution in [0.2, 0.25) is 0 Å². The van der Waals surface area contributed by atoms with Crippen molar-refractivity contribution in [3.63, 3.8) is 0 Å². The lowest BCUT2D eigenvalue weighted by Gasteiger charge is -2.26. The molecule has 0 aliphatic carbocycles. The number of aliphatic hydroxyl groups is 1. The summed E-state index contributed by atoms with van der Waals surface area (Å²) in [4.78, 5) is 13.4. The molecule has 0 saturated carbocycles. The fourth-order valence-corrected chi connectivity index (χ4v) is 3.09. The molecule has 0 aromatic heterocycles. The summed E-state index contributed by atoms with van der Waals surface area (Å²) in [5, 5.41) is 9.53. The van der Waals surface area contributed by atoms with Crippen LogP contribution in [0, 0.1) is 0 Å². The van der Waals surface area contributed by atoms with Crippen LogP contribution in [-0.4, -0.2) is 46.1 Å². The Morgan fingerprint density at radius 2 is 1.77 bits per heavy atom. The van der Waals surface area contributed by atoms with E-state index in [1.807, 2.05) is 0 Å². The molecule has 1 aliphatic heterocycles. The summed E-state index contributed by atoms with van der Waals surface area (Å²) in [6, 6.07) is 0. The first kappa shape index (κ1) is 11.2. The van der Waals surface area contributed by atoms with Crippen LogP contribution in [0.5, 0.6) is 0 Å². The number of nitrogens with zero attached hydrogens (tertiary/aromatic N) is 1. The van der Waals surface area contributed by atoms with Gasteiger partial charge in [-0.2, -0.15) is 0 Å². The van der Waals surface area contributed by atoms with Crippen LogP contribution < -0.4 is 0 Å². The van der Waals surface area contributed by atoms with Gasteiger partial charge in [0.15, 0.2) is 0 Å². The topological polar surface area (TPSA) is 40.5 Å². The standard InChI is InChI=1S/C8H15NO2S2/c1-8(2,11)7(10)9-3-5-12-13-6-4-9/h11H,3-6H2,1-2H3.